The molecule has 0 spiro atoms. The van der Waals surface area contributed by atoms with Crippen molar-refractivity contribution >= 4 is 11.8 Å². The SMILES string of the molecule is CCSC[C@H](O)[C@@H](O)[C@H](O)[C@H](O)CO. The van der Waals surface area contributed by atoms with Crippen LogP contribution in [-0.2, 0) is 0 Å². The Hall–Kier alpha value is 0.150. The average Bonchev–Trinajstić information content (AvgIpc) is 2.22. The van der Waals surface area contributed by atoms with E-state index in [9.17, 15) is 15.3 Å². The first-order valence-corrected chi connectivity index (χ1v) is 5.60. The third kappa shape index (κ3) is 4.59. The Morgan fingerprint density at radius 2 is 1.50 bits per heavy atom. The van der Waals surface area contributed by atoms with Gasteiger partial charge in [-0.15, -0.1) is 0 Å². The maximum absolute atomic E-state index is 9.34. The van der Waals surface area contributed by atoms with E-state index in [1.54, 1.807) is 0 Å². The summed E-state index contributed by atoms with van der Waals surface area (Å²) in [6.07, 6.45) is -5.48. The molecule has 0 fully saturated rings. The van der Waals surface area contributed by atoms with Crippen LogP contribution in [0.25, 0.3) is 0 Å². The minimum atomic E-state index is -1.52. The van der Waals surface area contributed by atoms with Gasteiger partial charge in [0.1, 0.15) is 18.3 Å². The molecule has 0 saturated heterocycles. The third-order valence-corrected chi connectivity index (χ3v) is 2.80. The Bertz CT molecular complexity index is 146. The van der Waals surface area contributed by atoms with Gasteiger partial charge in [0.25, 0.3) is 0 Å². The standard InChI is InChI=1S/C8H18O5S/c1-2-14-4-6(11)8(13)7(12)5(10)3-9/h5-13H,2-4H2,1H3/t5-,6+,7-,8-/m1/s1. The Kier molecular flexibility index (Phi) is 7.52. The van der Waals surface area contributed by atoms with Crippen molar-refractivity contribution in [3.8, 4) is 0 Å². The van der Waals surface area contributed by atoms with E-state index in [0.717, 1.165) is 5.75 Å². The van der Waals surface area contributed by atoms with Gasteiger partial charge in [-0.25, -0.2) is 0 Å². The molecule has 0 radical (unpaired) electrons. The van der Waals surface area contributed by atoms with Crippen molar-refractivity contribution in [3.05, 3.63) is 0 Å². The van der Waals surface area contributed by atoms with Crippen molar-refractivity contribution in [1.82, 2.24) is 0 Å². The first-order valence-electron chi connectivity index (χ1n) is 4.45. The molecule has 0 saturated carbocycles. The fourth-order valence-corrected chi connectivity index (χ4v) is 1.57. The lowest BCUT2D eigenvalue weighted by Crippen LogP contribution is -2.46. The number of hydrogen-bond donors (Lipinski definition) is 5. The van der Waals surface area contributed by atoms with Crippen LogP contribution in [0.4, 0.5) is 0 Å². The van der Waals surface area contributed by atoms with Gasteiger partial charge in [-0.3, -0.25) is 0 Å². The predicted molar refractivity (Wildman–Crippen MR) is 54.1 cm³/mol. The van der Waals surface area contributed by atoms with Crippen LogP contribution < -0.4 is 0 Å². The molecule has 0 aliphatic rings. The zero-order valence-electron chi connectivity index (χ0n) is 8.08. The number of aliphatic hydroxyl groups is 5. The van der Waals surface area contributed by atoms with Crippen LogP contribution in [0.2, 0.25) is 0 Å². The van der Waals surface area contributed by atoms with E-state index in [4.69, 9.17) is 10.2 Å². The highest BCUT2D eigenvalue weighted by Gasteiger charge is 2.29. The molecule has 0 aromatic carbocycles. The Morgan fingerprint density at radius 3 is 1.93 bits per heavy atom. The molecular weight excluding hydrogens is 208 g/mol. The topological polar surface area (TPSA) is 101 Å². The van der Waals surface area contributed by atoms with Gasteiger partial charge >= 0.3 is 0 Å². The van der Waals surface area contributed by atoms with E-state index in [-0.39, 0.29) is 5.75 Å². The fourth-order valence-electron chi connectivity index (χ4n) is 0.900. The minimum absolute atomic E-state index is 0.285. The molecule has 86 valence electrons. The first kappa shape index (κ1) is 14.2. The van der Waals surface area contributed by atoms with Gasteiger partial charge in [0.2, 0.25) is 0 Å². The molecule has 0 unspecified atom stereocenters. The van der Waals surface area contributed by atoms with Crippen LogP contribution in [0, 0.1) is 0 Å². The Labute approximate surface area is 87.4 Å². The maximum atomic E-state index is 9.34. The van der Waals surface area contributed by atoms with E-state index >= 15 is 0 Å². The van der Waals surface area contributed by atoms with Gasteiger partial charge < -0.3 is 25.5 Å². The Morgan fingerprint density at radius 1 is 1.00 bits per heavy atom. The molecule has 0 heterocycles. The summed E-state index contributed by atoms with van der Waals surface area (Å²) in [5.74, 6) is 1.08. The highest BCUT2D eigenvalue weighted by atomic mass is 32.2. The molecule has 5 nitrogen and oxygen atoms in total. The predicted octanol–water partition coefficient (Wildman–Crippen LogP) is -1.82. The summed E-state index contributed by atoms with van der Waals surface area (Å²) >= 11 is 1.42. The van der Waals surface area contributed by atoms with Crippen molar-refractivity contribution in [2.24, 2.45) is 0 Å². The van der Waals surface area contributed by atoms with Gasteiger partial charge in [-0.2, -0.15) is 11.8 Å². The minimum Gasteiger partial charge on any atom is -0.394 e. The highest BCUT2D eigenvalue weighted by Crippen LogP contribution is 2.10. The molecule has 0 bridgehead atoms. The second-order valence-electron chi connectivity index (χ2n) is 2.96. The summed E-state index contributed by atoms with van der Waals surface area (Å²) in [6.45, 7) is 1.26. The van der Waals surface area contributed by atoms with Gasteiger partial charge in [-0.1, -0.05) is 6.92 Å². The molecule has 0 aliphatic carbocycles. The van der Waals surface area contributed by atoms with E-state index in [1.807, 2.05) is 6.92 Å². The summed E-state index contributed by atoms with van der Waals surface area (Å²) in [5.41, 5.74) is 0. The molecule has 0 rings (SSSR count). The van der Waals surface area contributed by atoms with Crippen LogP contribution >= 0.6 is 11.8 Å². The lowest BCUT2D eigenvalue weighted by molar-refractivity contribution is -0.109. The summed E-state index contributed by atoms with van der Waals surface area (Å²) in [5, 5.41) is 45.4. The normalized spacial score (nSPS) is 20.1. The van der Waals surface area contributed by atoms with Crippen molar-refractivity contribution in [3.63, 3.8) is 0 Å². The third-order valence-electron chi connectivity index (χ3n) is 1.82. The zero-order valence-corrected chi connectivity index (χ0v) is 8.89. The first-order chi connectivity index (χ1) is 6.54. The molecule has 14 heavy (non-hydrogen) atoms. The molecule has 0 aromatic heterocycles. The second kappa shape index (κ2) is 7.44. The molecule has 0 amide bonds. The van der Waals surface area contributed by atoms with E-state index < -0.39 is 31.0 Å². The summed E-state index contributed by atoms with van der Waals surface area (Å²) in [4.78, 5) is 0. The number of aliphatic hydroxyl groups excluding tert-OH is 5. The number of hydrogen-bond acceptors (Lipinski definition) is 6. The van der Waals surface area contributed by atoms with Crippen LogP contribution in [0.5, 0.6) is 0 Å². The Balaban J connectivity index is 3.95. The second-order valence-corrected chi connectivity index (χ2v) is 4.28. The summed E-state index contributed by atoms with van der Waals surface area (Å²) in [6, 6.07) is 0. The highest BCUT2D eigenvalue weighted by molar-refractivity contribution is 7.99. The van der Waals surface area contributed by atoms with Crippen molar-refractivity contribution in [1.29, 1.82) is 0 Å². The number of thioether (sulfide) groups is 1. The quantitative estimate of drug-likeness (QED) is 0.350. The summed E-state index contributed by atoms with van der Waals surface area (Å²) < 4.78 is 0. The number of rotatable bonds is 7. The smallest absolute Gasteiger partial charge is 0.111 e. The van der Waals surface area contributed by atoms with Crippen molar-refractivity contribution < 1.29 is 25.5 Å². The largest absolute Gasteiger partial charge is 0.394 e. The average molecular weight is 226 g/mol. The molecular formula is C8H18O5S. The van der Waals surface area contributed by atoms with Gasteiger partial charge in [0.05, 0.1) is 12.7 Å². The maximum Gasteiger partial charge on any atom is 0.111 e. The van der Waals surface area contributed by atoms with Crippen LogP contribution in [0.15, 0.2) is 0 Å². The van der Waals surface area contributed by atoms with Gasteiger partial charge in [0, 0.05) is 5.75 Å². The van der Waals surface area contributed by atoms with Gasteiger partial charge in [0.15, 0.2) is 0 Å². The molecule has 6 heteroatoms. The fraction of sp³-hybridized carbons (Fsp3) is 1.00. The van der Waals surface area contributed by atoms with Crippen LogP contribution in [0.3, 0.4) is 0 Å². The van der Waals surface area contributed by atoms with Crippen molar-refractivity contribution in [2.45, 2.75) is 31.3 Å². The van der Waals surface area contributed by atoms with Crippen LogP contribution in [-0.4, -0.2) is 68.1 Å². The van der Waals surface area contributed by atoms with Crippen molar-refractivity contribution in [2.75, 3.05) is 18.1 Å². The lowest BCUT2D eigenvalue weighted by Gasteiger charge is -2.25. The van der Waals surface area contributed by atoms with E-state index in [0.29, 0.717) is 0 Å². The zero-order chi connectivity index (χ0) is 11.1. The van der Waals surface area contributed by atoms with E-state index in [1.165, 1.54) is 11.8 Å². The molecule has 0 aromatic rings. The lowest BCUT2D eigenvalue weighted by atomic mass is 10.0. The molecule has 4 atom stereocenters. The van der Waals surface area contributed by atoms with Gasteiger partial charge in [-0.05, 0) is 5.75 Å². The molecule has 0 aliphatic heterocycles. The monoisotopic (exact) mass is 226 g/mol. The molecule has 5 N–H and O–H groups in total. The van der Waals surface area contributed by atoms with Crippen LogP contribution in [0.1, 0.15) is 6.92 Å². The summed E-state index contributed by atoms with van der Waals surface area (Å²) in [7, 11) is 0. The van der Waals surface area contributed by atoms with E-state index in [2.05, 4.69) is 0 Å².